The van der Waals surface area contributed by atoms with Crippen molar-refractivity contribution in [2.24, 2.45) is 0 Å². The first-order valence-corrected chi connectivity index (χ1v) is 6.81. The number of ether oxygens (including phenoxy) is 1. The highest BCUT2D eigenvalue weighted by Gasteiger charge is 2.34. The normalized spacial score (nSPS) is 11.0. The number of nitrogens with zero attached hydrogens (tertiary/aromatic N) is 2. The summed E-state index contributed by atoms with van der Waals surface area (Å²) in [5.74, 6) is -2.10. The number of hydrogen-bond acceptors (Lipinski definition) is 5. The summed E-state index contributed by atoms with van der Waals surface area (Å²) >= 11 is 0. The largest absolute Gasteiger partial charge is 0.497 e. The Morgan fingerprint density at radius 3 is 2.44 bits per heavy atom. The number of carbonyl (C=O) groups excluding carboxylic acids is 1. The topological polar surface area (TPSA) is 101 Å². The van der Waals surface area contributed by atoms with Crippen LogP contribution in [0.15, 0.2) is 30.3 Å². The molecule has 0 radical (unpaired) electrons. The van der Waals surface area contributed by atoms with E-state index in [1.165, 1.54) is 19.2 Å². The van der Waals surface area contributed by atoms with Crippen LogP contribution in [-0.2, 0) is 17.4 Å². The molecule has 0 bridgehead atoms. The molecule has 25 heavy (non-hydrogen) atoms. The van der Waals surface area contributed by atoms with E-state index >= 15 is 0 Å². The van der Waals surface area contributed by atoms with E-state index in [1.54, 1.807) is 0 Å². The summed E-state index contributed by atoms with van der Waals surface area (Å²) in [6.45, 7) is 0. The molecule has 0 aliphatic rings. The van der Waals surface area contributed by atoms with Gasteiger partial charge in [-0.2, -0.15) is 13.2 Å². The molecule has 2 aromatic rings. The first-order valence-electron chi connectivity index (χ1n) is 6.81. The molecule has 0 fully saturated rings. The average Bonchev–Trinajstić information content (AvgIpc) is 2.54. The highest BCUT2D eigenvalue weighted by atomic mass is 19.4. The average molecular weight is 355 g/mol. The van der Waals surface area contributed by atoms with Crippen molar-refractivity contribution < 1.29 is 32.6 Å². The Bertz CT molecular complexity index is 792. The van der Waals surface area contributed by atoms with Crippen LogP contribution in [0.3, 0.4) is 0 Å². The Hall–Kier alpha value is -3.17. The maximum atomic E-state index is 13.1. The lowest BCUT2D eigenvalue weighted by Crippen LogP contribution is -2.19. The molecule has 2 N–H and O–H groups in total. The molecule has 132 valence electrons. The molecule has 0 saturated heterocycles. The minimum absolute atomic E-state index is 0.0200. The van der Waals surface area contributed by atoms with Crippen molar-refractivity contribution in [1.29, 1.82) is 0 Å². The standard InChI is InChI=1S/C15H12F3N3O4/c1-25-9-3-2-8(10(7-9)15(16,17)18)6-13(22)19-12-5-4-11(14(23)24)20-21-12/h2-5,7H,6H2,1H3,(H,23,24)(H,19,21,22). The summed E-state index contributed by atoms with van der Waals surface area (Å²) in [5, 5.41) is 17.8. The smallest absolute Gasteiger partial charge is 0.416 e. The molecule has 0 aliphatic heterocycles. The Morgan fingerprint density at radius 2 is 1.92 bits per heavy atom. The molecule has 0 spiro atoms. The summed E-state index contributed by atoms with van der Waals surface area (Å²) < 4.78 is 44.1. The number of nitrogens with one attached hydrogen (secondary N) is 1. The zero-order valence-corrected chi connectivity index (χ0v) is 12.8. The SMILES string of the molecule is COc1ccc(CC(=O)Nc2ccc(C(=O)O)nn2)c(C(F)(F)F)c1. The molecule has 1 amide bonds. The number of carbonyl (C=O) groups is 2. The van der Waals surface area contributed by atoms with Crippen LogP contribution >= 0.6 is 0 Å². The second-order valence-corrected chi connectivity index (χ2v) is 4.85. The van der Waals surface area contributed by atoms with Crippen molar-refractivity contribution in [3.05, 3.63) is 47.2 Å². The molecule has 0 atom stereocenters. The van der Waals surface area contributed by atoms with E-state index < -0.39 is 30.0 Å². The van der Waals surface area contributed by atoms with E-state index in [2.05, 4.69) is 15.5 Å². The maximum Gasteiger partial charge on any atom is 0.416 e. The monoisotopic (exact) mass is 355 g/mol. The second-order valence-electron chi connectivity index (χ2n) is 4.85. The van der Waals surface area contributed by atoms with Crippen molar-refractivity contribution in [2.45, 2.75) is 12.6 Å². The zero-order valence-electron chi connectivity index (χ0n) is 12.8. The van der Waals surface area contributed by atoms with Crippen molar-refractivity contribution in [1.82, 2.24) is 10.2 Å². The third-order valence-electron chi connectivity index (χ3n) is 3.12. The van der Waals surface area contributed by atoms with E-state index in [4.69, 9.17) is 9.84 Å². The Labute approximate surface area is 139 Å². The molecule has 10 heteroatoms. The third-order valence-corrected chi connectivity index (χ3v) is 3.12. The molecule has 0 saturated carbocycles. The summed E-state index contributed by atoms with van der Waals surface area (Å²) in [6, 6.07) is 5.58. The van der Waals surface area contributed by atoms with Crippen molar-refractivity contribution in [3.63, 3.8) is 0 Å². The minimum Gasteiger partial charge on any atom is -0.497 e. The fraction of sp³-hybridized carbons (Fsp3) is 0.200. The molecule has 0 aliphatic carbocycles. The number of alkyl halides is 3. The number of benzene rings is 1. The van der Waals surface area contributed by atoms with E-state index in [0.717, 1.165) is 18.2 Å². The van der Waals surface area contributed by atoms with Gasteiger partial charge in [0.25, 0.3) is 0 Å². The van der Waals surface area contributed by atoms with Gasteiger partial charge in [-0.15, -0.1) is 10.2 Å². The third kappa shape index (κ3) is 4.66. The van der Waals surface area contributed by atoms with Gasteiger partial charge in [0, 0.05) is 0 Å². The van der Waals surface area contributed by atoms with Gasteiger partial charge in [-0.1, -0.05) is 6.07 Å². The van der Waals surface area contributed by atoms with E-state index in [9.17, 15) is 22.8 Å². The molecule has 7 nitrogen and oxygen atoms in total. The van der Waals surface area contributed by atoms with E-state index in [-0.39, 0.29) is 22.8 Å². The van der Waals surface area contributed by atoms with Gasteiger partial charge in [0.2, 0.25) is 5.91 Å². The molecular formula is C15H12F3N3O4. The van der Waals surface area contributed by atoms with Gasteiger partial charge < -0.3 is 15.2 Å². The minimum atomic E-state index is -4.65. The molecule has 0 unspecified atom stereocenters. The lowest BCUT2D eigenvalue weighted by molar-refractivity contribution is -0.138. The number of aromatic carboxylic acids is 1. The zero-order chi connectivity index (χ0) is 18.6. The number of hydrogen-bond donors (Lipinski definition) is 2. The summed E-state index contributed by atoms with van der Waals surface area (Å²) in [7, 11) is 1.24. The van der Waals surface area contributed by atoms with Crippen molar-refractivity contribution >= 4 is 17.7 Å². The number of anilines is 1. The van der Waals surface area contributed by atoms with Gasteiger partial charge in [-0.3, -0.25) is 4.79 Å². The summed E-state index contributed by atoms with van der Waals surface area (Å²) in [6.07, 6.45) is -5.20. The number of aromatic nitrogens is 2. The van der Waals surface area contributed by atoms with Gasteiger partial charge in [0.05, 0.1) is 19.1 Å². The van der Waals surface area contributed by atoms with Gasteiger partial charge >= 0.3 is 12.1 Å². The van der Waals surface area contributed by atoms with Gasteiger partial charge in [0.15, 0.2) is 11.5 Å². The van der Waals surface area contributed by atoms with E-state index in [1.807, 2.05) is 0 Å². The van der Waals surface area contributed by atoms with Crippen LogP contribution in [0.2, 0.25) is 0 Å². The second kappa shape index (κ2) is 7.16. The van der Waals surface area contributed by atoms with Gasteiger partial charge in [-0.25, -0.2) is 4.79 Å². The lowest BCUT2D eigenvalue weighted by atomic mass is 10.0. The highest BCUT2D eigenvalue weighted by molar-refractivity contribution is 5.92. The fourth-order valence-corrected chi connectivity index (χ4v) is 1.97. The van der Waals surface area contributed by atoms with E-state index in [0.29, 0.717) is 0 Å². The number of rotatable bonds is 5. The van der Waals surface area contributed by atoms with Crippen molar-refractivity contribution in [2.75, 3.05) is 12.4 Å². The van der Waals surface area contributed by atoms with Crippen LogP contribution in [0, 0.1) is 0 Å². The predicted octanol–water partition coefficient (Wildman–Crippen LogP) is 2.38. The van der Waals surface area contributed by atoms with Crippen LogP contribution in [0.4, 0.5) is 19.0 Å². The van der Waals surface area contributed by atoms with Crippen LogP contribution in [-0.4, -0.2) is 34.3 Å². The first kappa shape index (κ1) is 18.2. The molecule has 1 heterocycles. The van der Waals surface area contributed by atoms with Crippen LogP contribution in [0.5, 0.6) is 5.75 Å². The van der Waals surface area contributed by atoms with Crippen LogP contribution in [0.25, 0.3) is 0 Å². The summed E-state index contributed by atoms with van der Waals surface area (Å²) in [5.41, 5.74) is -1.54. The number of amides is 1. The number of halogens is 3. The van der Waals surface area contributed by atoms with Crippen LogP contribution < -0.4 is 10.1 Å². The maximum absolute atomic E-state index is 13.1. The Morgan fingerprint density at radius 1 is 1.20 bits per heavy atom. The van der Waals surface area contributed by atoms with Crippen LogP contribution in [0.1, 0.15) is 21.6 Å². The predicted molar refractivity (Wildman–Crippen MR) is 79.3 cm³/mol. The first-order chi connectivity index (χ1) is 11.7. The lowest BCUT2D eigenvalue weighted by Gasteiger charge is -2.14. The Balaban J connectivity index is 2.16. The highest BCUT2D eigenvalue weighted by Crippen LogP contribution is 2.34. The van der Waals surface area contributed by atoms with Crippen molar-refractivity contribution in [3.8, 4) is 5.75 Å². The summed E-state index contributed by atoms with van der Waals surface area (Å²) in [4.78, 5) is 22.6. The molecule has 2 rings (SSSR count). The molecule has 1 aromatic carbocycles. The van der Waals surface area contributed by atoms with Gasteiger partial charge in [-0.05, 0) is 29.8 Å². The molecular weight excluding hydrogens is 343 g/mol. The number of carboxylic acids is 1. The molecule has 1 aromatic heterocycles. The number of methoxy groups -OCH3 is 1. The number of carboxylic acid groups (broad SMARTS) is 1. The van der Waals surface area contributed by atoms with Gasteiger partial charge in [0.1, 0.15) is 5.75 Å². The quantitative estimate of drug-likeness (QED) is 0.854. The Kier molecular flexibility index (Phi) is 5.20. The fourth-order valence-electron chi connectivity index (χ4n) is 1.97.